The number of nitrogens with zero attached hydrogens (tertiary/aromatic N) is 1. The molecule has 64 valence electrons. The Morgan fingerprint density at radius 2 is 2.42 bits per heavy atom. The molecule has 0 saturated carbocycles. The lowest BCUT2D eigenvalue weighted by Crippen LogP contribution is -1.89. The average molecular weight is 269 g/mol. The van der Waals surface area contributed by atoms with Gasteiger partial charge in [0.1, 0.15) is 0 Å². The van der Waals surface area contributed by atoms with Crippen LogP contribution in [0.25, 0.3) is 6.08 Å². The molecule has 1 heterocycles. The van der Waals surface area contributed by atoms with Gasteiger partial charge in [-0.25, -0.2) is 0 Å². The third kappa shape index (κ3) is 2.58. The summed E-state index contributed by atoms with van der Waals surface area (Å²) in [7, 11) is 0. The number of hydrogen-bond acceptors (Lipinski definition) is 3. The Kier molecular flexibility index (Phi) is 3.25. The highest BCUT2D eigenvalue weighted by atomic mass is 79.9. The first-order valence-electron chi connectivity index (χ1n) is 2.86. The molecule has 0 N–H and O–H groups in total. The maximum atomic E-state index is 10.1. The van der Waals surface area contributed by atoms with Gasteiger partial charge >= 0.3 is 5.16 Å². The molecule has 1 aromatic rings. The van der Waals surface area contributed by atoms with Gasteiger partial charge in [0.05, 0.1) is 8.71 Å². The van der Waals surface area contributed by atoms with Gasteiger partial charge in [-0.05, 0) is 39.7 Å². The molecule has 0 amide bonds. The van der Waals surface area contributed by atoms with Crippen molar-refractivity contribution in [1.29, 1.82) is 0 Å². The summed E-state index contributed by atoms with van der Waals surface area (Å²) < 4.78 is 0.918. The molecule has 3 nitrogen and oxygen atoms in total. The van der Waals surface area contributed by atoms with Gasteiger partial charge < -0.3 is 0 Å². The lowest BCUT2D eigenvalue weighted by Gasteiger charge is -1.84. The summed E-state index contributed by atoms with van der Waals surface area (Å²) in [5.74, 6) is 0. The normalized spacial score (nSPS) is 11.7. The molecule has 1 aromatic heterocycles. The minimum absolute atomic E-state index is 0.371. The van der Waals surface area contributed by atoms with Gasteiger partial charge in [-0.3, -0.25) is 10.1 Å². The molecule has 0 aromatic carbocycles. The van der Waals surface area contributed by atoms with Crippen molar-refractivity contribution >= 4 is 44.9 Å². The van der Waals surface area contributed by atoms with Gasteiger partial charge in [0, 0.05) is 11.0 Å². The van der Waals surface area contributed by atoms with Gasteiger partial charge in [0.25, 0.3) is 0 Å². The second kappa shape index (κ2) is 4.02. The quantitative estimate of drug-likeness (QED) is 0.469. The van der Waals surface area contributed by atoms with Crippen LogP contribution in [0, 0.1) is 10.1 Å². The maximum absolute atomic E-state index is 10.1. The average Bonchev–Trinajstić information content (AvgIpc) is 2.35. The SMILES string of the molecule is O=[N+]([O-])/C(Cl)=C/c1ccc(Br)s1. The van der Waals surface area contributed by atoms with Gasteiger partial charge in [-0.1, -0.05) is 0 Å². The summed E-state index contributed by atoms with van der Waals surface area (Å²) in [5, 5.41) is 9.74. The van der Waals surface area contributed by atoms with Gasteiger partial charge in [-0.2, -0.15) is 0 Å². The van der Waals surface area contributed by atoms with E-state index in [-0.39, 0.29) is 5.16 Å². The largest absolute Gasteiger partial charge is 0.338 e. The van der Waals surface area contributed by atoms with Crippen LogP contribution in [0.3, 0.4) is 0 Å². The Bertz CT molecular complexity index is 336. The van der Waals surface area contributed by atoms with E-state index in [1.807, 2.05) is 0 Å². The fourth-order valence-electron chi connectivity index (χ4n) is 0.576. The van der Waals surface area contributed by atoms with Crippen LogP contribution in [-0.4, -0.2) is 4.92 Å². The Labute approximate surface area is 85.9 Å². The van der Waals surface area contributed by atoms with Gasteiger partial charge in [0.2, 0.25) is 0 Å². The molecule has 0 radical (unpaired) electrons. The van der Waals surface area contributed by atoms with E-state index < -0.39 is 4.92 Å². The third-order valence-electron chi connectivity index (χ3n) is 1.03. The van der Waals surface area contributed by atoms with Crippen molar-refractivity contribution in [3.63, 3.8) is 0 Å². The molecule has 12 heavy (non-hydrogen) atoms. The van der Waals surface area contributed by atoms with E-state index in [0.29, 0.717) is 0 Å². The van der Waals surface area contributed by atoms with Gasteiger partial charge in [-0.15, -0.1) is 11.3 Å². The fraction of sp³-hybridized carbons (Fsp3) is 0. The van der Waals surface area contributed by atoms with E-state index >= 15 is 0 Å². The number of halogens is 2. The predicted octanol–water partition coefficient (Wildman–Crippen LogP) is 3.32. The van der Waals surface area contributed by atoms with Crippen LogP contribution in [0.4, 0.5) is 0 Å². The zero-order valence-electron chi connectivity index (χ0n) is 5.66. The molecule has 0 aliphatic carbocycles. The van der Waals surface area contributed by atoms with Crippen molar-refractivity contribution in [2.45, 2.75) is 0 Å². The van der Waals surface area contributed by atoms with E-state index in [0.717, 1.165) is 8.66 Å². The van der Waals surface area contributed by atoms with Gasteiger partial charge in [0.15, 0.2) is 0 Å². The smallest absolute Gasteiger partial charge is 0.257 e. The number of thiophene rings is 1. The highest BCUT2D eigenvalue weighted by molar-refractivity contribution is 9.11. The summed E-state index contributed by atoms with van der Waals surface area (Å²) >= 11 is 9.93. The van der Waals surface area contributed by atoms with E-state index in [1.54, 1.807) is 12.1 Å². The first-order chi connectivity index (χ1) is 5.59. The minimum Gasteiger partial charge on any atom is -0.257 e. The Hall–Kier alpha value is -0.390. The summed E-state index contributed by atoms with van der Waals surface area (Å²) in [5.41, 5.74) is 0. The molecule has 0 saturated heterocycles. The number of rotatable bonds is 2. The van der Waals surface area contributed by atoms with Crippen LogP contribution >= 0.6 is 38.9 Å². The van der Waals surface area contributed by atoms with Crippen LogP contribution < -0.4 is 0 Å². The molecular formula is C6H3BrClNO2S. The van der Waals surface area contributed by atoms with E-state index in [9.17, 15) is 10.1 Å². The molecule has 0 spiro atoms. The van der Waals surface area contributed by atoms with Crippen molar-refractivity contribution in [1.82, 2.24) is 0 Å². The highest BCUT2D eigenvalue weighted by Gasteiger charge is 2.05. The molecule has 0 aliphatic rings. The maximum Gasteiger partial charge on any atom is 0.338 e. The fourth-order valence-corrected chi connectivity index (χ4v) is 2.12. The minimum atomic E-state index is -0.630. The first-order valence-corrected chi connectivity index (χ1v) is 4.85. The summed E-state index contributed by atoms with van der Waals surface area (Å²) in [6.07, 6.45) is 1.32. The summed E-state index contributed by atoms with van der Waals surface area (Å²) in [6.45, 7) is 0. The molecule has 6 heteroatoms. The number of nitro groups is 1. The van der Waals surface area contributed by atoms with Crippen LogP contribution in [0.5, 0.6) is 0 Å². The second-order valence-electron chi connectivity index (χ2n) is 1.87. The zero-order chi connectivity index (χ0) is 9.14. The van der Waals surface area contributed by atoms with Crippen molar-refractivity contribution in [2.75, 3.05) is 0 Å². The van der Waals surface area contributed by atoms with Crippen molar-refractivity contribution in [3.05, 3.63) is 36.1 Å². The van der Waals surface area contributed by atoms with Crippen LogP contribution in [-0.2, 0) is 0 Å². The number of hydrogen-bond donors (Lipinski definition) is 0. The Morgan fingerprint density at radius 1 is 1.75 bits per heavy atom. The molecule has 0 atom stereocenters. The predicted molar refractivity (Wildman–Crippen MR) is 52.8 cm³/mol. The Morgan fingerprint density at radius 3 is 2.83 bits per heavy atom. The molecule has 0 bridgehead atoms. The van der Waals surface area contributed by atoms with Crippen molar-refractivity contribution in [3.8, 4) is 0 Å². The summed E-state index contributed by atoms with van der Waals surface area (Å²) in [6, 6.07) is 3.56. The third-order valence-corrected chi connectivity index (χ3v) is 2.85. The van der Waals surface area contributed by atoms with Crippen molar-refractivity contribution in [2.24, 2.45) is 0 Å². The molecule has 1 rings (SSSR count). The van der Waals surface area contributed by atoms with E-state index in [1.165, 1.54) is 17.4 Å². The highest BCUT2D eigenvalue weighted by Crippen LogP contribution is 2.24. The topological polar surface area (TPSA) is 43.1 Å². The molecular weight excluding hydrogens is 265 g/mol. The van der Waals surface area contributed by atoms with Crippen LogP contribution in [0.2, 0.25) is 0 Å². The second-order valence-corrected chi connectivity index (χ2v) is 4.75. The molecule has 0 aliphatic heterocycles. The molecule has 0 fully saturated rings. The van der Waals surface area contributed by atoms with E-state index in [2.05, 4.69) is 15.9 Å². The zero-order valence-corrected chi connectivity index (χ0v) is 8.82. The van der Waals surface area contributed by atoms with Crippen LogP contribution in [0.1, 0.15) is 4.88 Å². The lowest BCUT2D eigenvalue weighted by molar-refractivity contribution is -0.410. The first kappa shape index (κ1) is 9.70. The molecule has 0 unspecified atom stereocenters. The van der Waals surface area contributed by atoms with Crippen molar-refractivity contribution < 1.29 is 4.92 Å². The van der Waals surface area contributed by atoms with Crippen LogP contribution in [0.15, 0.2) is 21.1 Å². The summed E-state index contributed by atoms with van der Waals surface area (Å²) in [4.78, 5) is 10.2. The monoisotopic (exact) mass is 267 g/mol. The lowest BCUT2D eigenvalue weighted by atomic mass is 10.4. The Balaban J connectivity index is 2.87. The standard InChI is InChI=1S/C6H3BrClNO2S/c7-5-2-1-4(12-5)3-6(8)9(10)11/h1-3H/b6-3+. The van der Waals surface area contributed by atoms with E-state index in [4.69, 9.17) is 11.6 Å².